The van der Waals surface area contributed by atoms with Gasteiger partial charge in [-0.05, 0) is 13.8 Å². The molecule has 1 aliphatic heterocycles. The quantitative estimate of drug-likeness (QED) is 0.553. The Morgan fingerprint density at radius 2 is 1.83 bits per heavy atom. The summed E-state index contributed by atoms with van der Waals surface area (Å²) >= 11 is 0. The van der Waals surface area contributed by atoms with Crippen molar-refractivity contribution in [2.45, 2.75) is 30.8 Å². The van der Waals surface area contributed by atoms with Crippen molar-refractivity contribution in [3.63, 3.8) is 0 Å². The first-order valence-electron chi connectivity index (χ1n) is 4.09. The monoisotopic (exact) mass is 188 g/mol. The molecule has 4 heteroatoms. The minimum Gasteiger partial charge on any atom is -0.298 e. The standard InChI is InChI=1S/C8H12O3S/c1-4-5-7(6(4)9)12(10,11)8(5,2)3/h4-5,7H,1-3H3/t4-,5+,7+/m1/s1. The second-order valence-electron chi connectivity index (χ2n) is 4.29. The van der Waals surface area contributed by atoms with E-state index >= 15 is 0 Å². The van der Waals surface area contributed by atoms with E-state index in [9.17, 15) is 13.2 Å². The summed E-state index contributed by atoms with van der Waals surface area (Å²) in [6.45, 7) is 5.25. The smallest absolute Gasteiger partial charge is 0.166 e. The minimum absolute atomic E-state index is 0.0477. The number of ketones is 1. The fourth-order valence-electron chi connectivity index (χ4n) is 2.51. The Labute approximate surface area is 72.1 Å². The molecule has 0 aromatic carbocycles. The zero-order valence-corrected chi connectivity index (χ0v) is 8.18. The molecule has 0 bridgehead atoms. The molecule has 0 radical (unpaired) electrons. The molecule has 68 valence electrons. The lowest BCUT2D eigenvalue weighted by Crippen LogP contribution is -2.76. The summed E-state index contributed by atoms with van der Waals surface area (Å²) in [7, 11) is -3.13. The van der Waals surface area contributed by atoms with Crippen LogP contribution in [0.2, 0.25) is 0 Å². The zero-order chi connectivity index (χ0) is 9.31. The Kier molecular flexibility index (Phi) is 1.21. The molecule has 0 unspecified atom stereocenters. The summed E-state index contributed by atoms with van der Waals surface area (Å²) < 4.78 is 22.3. The molecule has 0 aromatic heterocycles. The van der Waals surface area contributed by atoms with Crippen LogP contribution in [0.25, 0.3) is 0 Å². The van der Waals surface area contributed by atoms with Gasteiger partial charge in [-0.25, -0.2) is 8.42 Å². The predicted molar refractivity (Wildman–Crippen MR) is 44.4 cm³/mol. The van der Waals surface area contributed by atoms with Gasteiger partial charge in [-0.3, -0.25) is 4.79 Å². The van der Waals surface area contributed by atoms with E-state index in [1.165, 1.54) is 0 Å². The van der Waals surface area contributed by atoms with Gasteiger partial charge in [-0.1, -0.05) is 6.92 Å². The van der Waals surface area contributed by atoms with Crippen molar-refractivity contribution < 1.29 is 13.2 Å². The third-order valence-corrected chi connectivity index (χ3v) is 6.40. The molecule has 1 saturated carbocycles. The number of fused-ring (bicyclic) bond motifs is 1. The van der Waals surface area contributed by atoms with Crippen molar-refractivity contribution in [3.8, 4) is 0 Å². The van der Waals surface area contributed by atoms with Crippen molar-refractivity contribution in [2.24, 2.45) is 11.8 Å². The number of hydrogen-bond donors (Lipinski definition) is 0. The summed E-state index contributed by atoms with van der Waals surface area (Å²) in [5, 5.41) is -0.650. The van der Waals surface area contributed by atoms with Gasteiger partial charge in [-0.2, -0.15) is 0 Å². The van der Waals surface area contributed by atoms with Gasteiger partial charge in [-0.15, -0.1) is 0 Å². The average Bonchev–Trinajstić information content (AvgIpc) is 1.96. The topological polar surface area (TPSA) is 51.2 Å². The second kappa shape index (κ2) is 1.76. The van der Waals surface area contributed by atoms with Crippen LogP contribution in [-0.2, 0) is 14.6 Å². The normalized spacial score (nSPS) is 47.2. The van der Waals surface area contributed by atoms with E-state index in [2.05, 4.69) is 0 Å². The van der Waals surface area contributed by atoms with E-state index in [-0.39, 0.29) is 17.6 Å². The molecule has 12 heavy (non-hydrogen) atoms. The Balaban J connectivity index is 2.45. The predicted octanol–water partition coefficient (Wildman–Crippen LogP) is 0.397. The molecular formula is C8H12O3S. The van der Waals surface area contributed by atoms with Gasteiger partial charge in [0.15, 0.2) is 15.6 Å². The van der Waals surface area contributed by atoms with Crippen LogP contribution in [0.5, 0.6) is 0 Å². The Morgan fingerprint density at radius 1 is 1.33 bits per heavy atom. The van der Waals surface area contributed by atoms with Crippen LogP contribution < -0.4 is 0 Å². The number of Topliss-reactive ketones (excluding diaryl/α,β-unsaturated/α-hetero) is 1. The lowest BCUT2D eigenvalue weighted by atomic mass is 9.65. The summed E-state index contributed by atoms with van der Waals surface area (Å²) in [6, 6.07) is 0. The van der Waals surface area contributed by atoms with Gasteiger partial charge in [0.2, 0.25) is 0 Å². The van der Waals surface area contributed by atoms with Crippen molar-refractivity contribution in [3.05, 3.63) is 0 Å². The molecular weight excluding hydrogens is 176 g/mol. The number of carbonyl (C=O) groups is 1. The van der Waals surface area contributed by atoms with E-state index in [1.54, 1.807) is 13.8 Å². The first kappa shape index (κ1) is 8.23. The highest BCUT2D eigenvalue weighted by Gasteiger charge is 2.73. The molecule has 1 heterocycles. The van der Waals surface area contributed by atoms with Gasteiger partial charge in [0.25, 0.3) is 0 Å². The molecule has 2 aliphatic rings. The average molecular weight is 188 g/mol. The minimum atomic E-state index is -3.13. The van der Waals surface area contributed by atoms with Crippen LogP contribution in [0.3, 0.4) is 0 Å². The van der Waals surface area contributed by atoms with Gasteiger partial charge in [0.1, 0.15) is 5.25 Å². The maximum atomic E-state index is 11.5. The number of sulfone groups is 1. The lowest BCUT2D eigenvalue weighted by Gasteiger charge is -2.59. The first-order valence-corrected chi connectivity index (χ1v) is 5.63. The summed E-state index contributed by atoms with van der Waals surface area (Å²) in [4.78, 5) is 11.1. The van der Waals surface area contributed by atoms with E-state index in [4.69, 9.17) is 0 Å². The highest BCUT2D eigenvalue weighted by Crippen LogP contribution is 2.57. The van der Waals surface area contributed by atoms with Gasteiger partial charge in [0, 0.05) is 11.8 Å². The van der Waals surface area contributed by atoms with Crippen molar-refractivity contribution in [2.75, 3.05) is 0 Å². The van der Waals surface area contributed by atoms with E-state index in [0.717, 1.165) is 0 Å². The molecule has 1 saturated heterocycles. The molecule has 0 amide bonds. The van der Waals surface area contributed by atoms with Gasteiger partial charge >= 0.3 is 0 Å². The maximum Gasteiger partial charge on any atom is 0.166 e. The van der Waals surface area contributed by atoms with E-state index in [0.29, 0.717) is 0 Å². The maximum absolute atomic E-state index is 11.5. The fraction of sp³-hybridized carbons (Fsp3) is 0.875. The van der Waals surface area contributed by atoms with Gasteiger partial charge in [0.05, 0.1) is 4.75 Å². The van der Waals surface area contributed by atoms with Crippen LogP contribution in [0.1, 0.15) is 20.8 Å². The van der Waals surface area contributed by atoms with E-state index in [1.807, 2.05) is 6.92 Å². The summed E-state index contributed by atoms with van der Waals surface area (Å²) in [5.74, 6) is -0.0529. The number of rotatable bonds is 0. The van der Waals surface area contributed by atoms with Crippen LogP contribution in [0, 0.1) is 11.8 Å². The molecule has 2 rings (SSSR count). The molecule has 3 atom stereocenters. The summed E-state index contributed by atoms with van der Waals surface area (Å²) in [6.07, 6.45) is 0. The fourth-order valence-corrected chi connectivity index (χ4v) is 5.15. The van der Waals surface area contributed by atoms with E-state index < -0.39 is 19.8 Å². The SMILES string of the molecule is C[C@H]1C(=O)[C@@H]2[C@H]1C(C)(C)S2(=O)=O. The van der Waals surface area contributed by atoms with Crippen LogP contribution >= 0.6 is 0 Å². The highest BCUT2D eigenvalue weighted by atomic mass is 32.2. The first-order chi connectivity index (χ1) is 5.32. The lowest BCUT2D eigenvalue weighted by molar-refractivity contribution is -0.135. The van der Waals surface area contributed by atoms with Crippen molar-refractivity contribution >= 4 is 15.6 Å². The third kappa shape index (κ3) is 0.533. The number of hydrogen-bond acceptors (Lipinski definition) is 3. The highest BCUT2D eigenvalue weighted by molar-refractivity contribution is 7.95. The largest absolute Gasteiger partial charge is 0.298 e. The number of carbonyl (C=O) groups excluding carboxylic acids is 1. The van der Waals surface area contributed by atoms with Crippen LogP contribution in [-0.4, -0.2) is 24.2 Å². The molecule has 2 fully saturated rings. The molecule has 3 nitrogen and oxygen atoms in total. The van der Waals surface area contributed by atoms with Crippen LogP contribution in [0.15, 0.2) is 0 Å². The Hall–Kier alpha value is -0.380. The zero-order valence-electron chi connectivity index (χ0n) is 7.37. The molecule has 0 N–H and O–H groups in total. The Bertz CT molecular complexity index is 352. The van der Waals surface area contributed by atoms with Crippen molar-refractivity contribution in [1.82, 2.24) is 0 Å². The second-order valence-corrected chi connectivity index (χ2v) is 6.94. The van der Waals surface area contributed by atoms with Crippen LogP contribution in [0.4, 0.5) is 0 Å². The van der Waals surface area contributed by atoms with Crippen molar-refractivity contribution in [1.29, 1.82) is 0 Å². The third-order valence-electron chi connectivity index (χ3n) is 3.46. The van der Waals surface area contributed by atoms with Gasteiger partial charge < -0.3 is 0 Å². The molecule has 1 aliphatic carbocycles. The Morgan fingerprint density at radius 3 is 2.25 bits per heavy atom. The summed E-state index contributed by atoms with van der Waals surface area (Å²) in [5.41, 5.74) is 0. The molecule has 0 spiro atoms. The molecule has 0 aromatic rings.